The van der Waals surface area contributed by atoms with Crippen molar-refractivity contribution in [3.05, 3.63) is 93.6 Å². The van der Waals surface area contributed by atoms with Crippen LogP contribution in [-0.4, -0.2) is 53.4 Å². The van der Waals surface area contributed by atoms with Crippen molar-refractivity contribution in [1.29, 1.82) is 0 Å². The number of aromatic nitrogens is 1. The highest BCUT2D eigenvalue weighted by molar-refractivity contribution is 6.31. The van der Waals surface area contributed by atoms with E-state index >= 15 is 0 Å². The zero-order valence-electron chi connectivity index (χ0n) is 22.2. The Morgan fingerprint density at radius 2 is 1.60 bits per heavy atom. The maximum atomic E-state index is 13.5. The zero-order chi connectivity index (χ0) is 27.6. The van der Waals surface area contributed by atoms with Crippen LogP contribution in [0.5, 0.6) is 11.5 Å². The van der Waals surface area contributed by atoms with E-state index < -0.39 is 12.1 Å². The van der Waals surface area contributed by atoms with Crippen molar-refractivity contribution in [2.45, 2.75) is 31.7 Å². The first kappa shape index (κ1) is 26.8. The highest BCUT2D eigenvalue weighted by atomic mass is 35.5. The maximum absolute atomic E-state index is 13.5. The molecule has 2 aliphatic heterocycles. The molecule has 1 saturated heterocycles. The fourth-order valence-corrected chi connectivity index (χ4v) is 6.17. The van der Waals surface area contributed by atoms with E-state index in [9.17, 15) is 4.79 Å². The largest absolute Gasteiger partial charge is 0.494 e. The number of nitrogens with zero attached hydrogens (tertiary/aromatic N) is 3. The fraction of sp³-hybridized carbons (Fsp3) is 0.323. The van der Waals surface area contributed by atoms with Crippen LogP contribution in [0.4, 0.5) is 4.79 Å². The minimum atomic E-state index is -0.455. The number of benzene rings is 3. The molecule has 3 aromatic carbocycles. The molecule has 208 valence electrons. The standard InChI is InChI=1S/C31H32Cl2N4O3/c32-22-6-11-25(12-7-22)40-31(38)36-18-14-26-27-20-23(33)8-13-28(27)37(34)30(26)29(36)21-4-9-24(10-5-21)39-19-3-17-35-15-1-2-16-35/h4-13,20,29H,1-3,14-19,34H2. The van der Waals surface area contributed by atoms with Gasteiger partial charge in [0.25, 0.3) is 0 Å². The molecule has 1 aromatic heterocycles. The number of nitrogens with two attached hydrogens (primary N) is 1. The van der Waals surface area contributed by atoms with Gasteiger partial charge < -0.3 is 20.2 Å². The number of halogens is 2. The van der Waals surface area contributed by atoms with Crippen molar-refractivity contribution < 1.29 is 14.3 Å². The Balaban J connectivity index is 1.28. The SMILES string of the molecule is Nn1c2c(c3cc(Cl)ccc31)CCN(C(=O)Oc1ccc(Cl)cc1)C2c1ccc(OCCCN2CCCC2)cc1. The van der Waals surface area contributed by atoms with Crippen molar-refractivity contribution in [2.24, 2.45) is 0 Å². The van der Waals surface area contributed by atoms with E-state index in [2.05, 4.69) is 4.90 Å². The Bertz CT molecular complexity index is 1500. The lowest BCUT2D eigenvalue weighted by molar-refractivity contribution is 0.134. The summed E-state index contributed by atoms with van der Waals surface area (Å²) in [7, 11) is 0. The monoisotopic (exact) mass is 578 g/mol. The summed E-state index contributed by atoms with van der Waals surface area (Å²) in [5.74, 6) is 7.91. The van der Waals surface area contributed by atoms with E-state index in [1.54, 1.807) is 33.8 Å². The second kappa shape index (κ2) is 11.6. The van der Waals surface area contributed by atoms with Crippen LogP contribution in [0.15, 0.2) is 66.7 Å². The Labute approximate surface area is 243 Å². The van der Waals surface area contributed by atoms with Crippen molar-refractivity contribution in [1.82, 2.24) is 14.5 Å². The normalized spacial score (nSPS) is 17.2. The highest BCUT2D eigenvalue weighted by Crippen LogP contribution is 2.41. The smallest absolute Gasteiger partial charge is 0.416 e. The number of hydrogen-bond donors (Lipinski definition) is 1. The molecule has 2 N–H and O–H groups in total. The predicted molar refractivity (Wildman–Crippen MR) is 159 cm³/mol. The van der Waals surface area contributed by atoms with E-state index in [4.69, 9.17) is 38.5 Å². The van der Waals surface area contributed by atoms with Crippen molar-refractivity contribution in [2.75, 3.05) is 38.6 Å². The molecule has 1 fully saturated rings. The van der Waals surface area contributed by atoms with Gasteiger partial charge in [-0.1, -0.05) is 35.3 Å². The summed E-state index contributed by atoms with van der Waals surface area (Å²) in [5.41, 5.74) is 3.71. The van der Waals surface area contributed by atoms with E-state index in [1.165, 1.54) is 25.9 Å². The summed E-state index contributed by atoms with van der Waals surface area (Å²) in [6.07, 6.45) is 3.76. The number of fused-ring (bicyclic) bond motifs is 3. The third-order valence-electron chi connectivity index (χ3n) is 7.82. The number of carbonyl (C=O) groups is 1. The molecule has 6 rings (SSSR count). The molecular formula is C31H32Cl2N4O3. The van der Waals surface area contributed by atoms with Crippen LogP contribution in [0.25, 0.3) is 10.9 Å². The first-order valence-electron chi connectivity index (χ1n) is 13.7. The molecule has 4 aromatic rings. The van der Waals surface area contributed by atoms with Gasteiger partial charge >= 0.3 is 6.09 Å². The van der Waals surface area contributed by atoms with Gasteiger partial charge in [0.1, 0.15) is 17.5 Å². The average Bonchev–Trinajstić information content (AvgIpc) is 3.58. The van der Waals surface area contributed by atoms with E-state index in [0.29, 0.717) is 35.4 Å². The minimum absolute atomic E-state index is 0.427. The van der Waals surface area contributed by atoms with Gasteiger partial charge in [0, 0.05) is 28.5 Å². The Kier molecular flexibility index (Phi) is 7.78. The van der Waals surface area contributed by atoms with E-state index in [0.717, 1.165) is 46.4 Å². The molecule has 0 saturated carbocycles. The van der Waals surface area contributed by atoms with Crippen molar-refractivity contribution >= 4 is 40.2 Å². The third-order valence-corrected chi connectivity index (χ3v) is 8.31. The Hall–Kier alpha value is -3.39. The molecule has 0 aliphatic carbocycles. The molecular weight excluding hydrogens is 547 g/mol. The second-order valence-corrected chi connectivity index (χ2v) is 11.3. The molecule has 0 radical (unpaired) electrons. The number of ether oxygens (including phenoxy) is 2. The number of hydrogen-bond acceptors (Lipinski definition) is 5. The van der Waals surface area contributed by atoms with Gasteiger partial charge in [-0.05, 0) is 104 Å². The number of rotatable bonds is 7. The molecule has 2 aliphatic rings. The van der Waals surface area contributed by atoms with Gasteiger partial charge in [0.05, 0.1) is 17.8 Å². The average molecular weight is 580 g/mol. The van der Waals surface area contributed by atoms with Gasteiger partial charge in [0.2, 0.25) is 0 Å². The second-order valence-electron chi connectivity index (χ2n) is 10.4. The fourth-order valence-electron chi connectivity index (χ4n) is 5.87. The molecule has 3 heterocycles. The van der Waals surface area contributed by atoms with Crippen LogP contribution < -0.4 is 15.3 Å². The van der Waals surface area contributed by atoms with Gasteiger partial charge in [-0.25, -0.2) is 4.79 Å². The van der Waals surface area contributed by atoms with Gasteiger partial charge in [-0.2, -0.15) is 0 Å². The van der Waals surface area contributed by atoms with Crippen LogP contribution in [0, 0.1) is 0 Å². The Morgan fingerprint density at radius 3 is 2.35 bits per heavy atom. The van der Waals surface area contributed by atoms with E-state index in [1.807, 2.05) is 42.5 Å². The molecule has 9 heteroatoms. The molecule has 0 bridgehead atoms. The van der Waals surface area contributed by atoms with Gasteiger partial charge in [-0.3, -0.25) is 9.58 Å². The summed E-state index contributed by atoms with van der Waals surface area (Å²) in [6, 6.07) is 19.9. The summed E-state index contributed by atoms with van der Waals surface area (Å²) in [5, 5.41) is 2.22. The number of nitrogen functional groups attached to an aromatic ring is 1. The van der Waals surface area contributed by atoms with Crippen LogP contribution in [0.2, 0.25) is 10.0 Å². The first-order valence-corrected chi connectivity index (χ1v) is 14.5. The lowest BCUT2D eigenvalue weighted by Gasteiger charge is -2.36. The predicted octanol–water partition coefficient (Wildman–Crippen LogP) is 6.67. The highest BCUT2D eigenvalue weighted by Gasteiger charge is 2.37. The van der Waals surface area contributed by atoms with E-state index in [-0.39, 0.29) is 0 Å². The van der Waals surface area contributed by atoms with Crippen molar-refractivity contribution in [3.8, 4) is 11.5 Å². The quantitative estimate of drug-likeness (QED) is 0.196. The summed E-state index contributed by atoms with van der Waals surface area (Å²) < 4.78 is 13.5. The molecule has 0 spiro atoms. The lowest BCUT2D eigenvalue weighted by atomic mass is 9.92. The summed E-state index contributed by atoms with van der Waals surface area (Å²) in [4.78, 5) is 17.8. The lowest BCUT2D eigenvalue weighted by Crippen LogP contribution is -2.43. The Morgan fingerprint density at radius 1 is 0.900 bits per heavy atom. The summed E-state index contributed by atoms with van der Waals surface area (Å²) >= 11 is 12.4. The van der Waals surface area contributed by atoms with Crippen LogP contribution >= 0.6 is 23.2 Å². The molecule has 1 amide bonds. The van der Waals surface area contributed by atoms with Crippen LogP contribution in [-0.2, 0) is 6.42 Å². The summed E-state index contributed by atoms with van der Waals surface area (Å²) in [6.45, 7) is 4.59. The number of amides is 1. The topological polar surface area (TPSA) is 73.0 Å². The van der Waals surface area contributed by atoms with Crippen LogP contribution in [0.1, 0.15) is 42.1 Å². The third kappa shape index (κ3) is 5.46. The first-order chi connectivity index (χ1) is 19.5. The van der Waals surface area contributed by atoms with Crippen molar-refractivity contribution in [3.63, 3.8) is 0 Å². The van der Waals surface area contributed by atoms with Gasteiger partial charge in [-0.15, -0.1) is 0 Å². The van der Waals surface area contributed by atoms with Gasteiger partial charge in [0.15, 0.2) is 0 Å². The number of likely N-dealkylation sites (tertiary alicyclic amines) is 1. The zero-order valence-corrected chi connectivity index (χ0v) is 23.7. The van der Waals surface area contributed by atoms with Crippen LogP contribution in [0.3, 0.4) is 0 Å². The molecule has 7 nitrogen and oxygen atoms in total. The molecule has 40 heavy (non-hydrogen) atoms. The number of carbonyl (C=O) groups excluding carboxylic acids is 1. The minimum Gasteiger partial charge on any atom is -0.494 e. The molecule has 1 unspecified atom stereocenters. The maximum Gasteiger partial charge on any atom is 0.416 e. The molecule has 1 atom stereocenters.